The van der Waals surface area contributed by atoms with Gasteiger partial charge in [-0.3, -0.25) is 4.79 Å². The number of nitrogens with zero attached hydrogens (tertiary/aromatic N) is 2. The third kappa shape index (κ3) is 3.61. The van der Waals surface area contributed by atoms with Crippen molar-refractivity contribution in [3.05, 3.63) is 42.5 Å². The van der Waals surface area contributed by atoms with Gasteiger partial charge >= 0.3 is 0 Å². The molecule has 0 fully saturated rings. The fourth-order valence-corrected chi connectivity index (χ4v) is 2.53. The van der Waals surface area contributed by atoms with Gasteiger partial charge in [0.25, 0.3) is 0 Å². The van der Waals surface area contributed by atoms with Crippen LogP contribution >= 0.6 is 11.8 Å². The second-order valence-electron chi connectivity index (χ2n) is 4.08. The van der Waals surface area contributed by atoms with Crippen molar-refractivity contribution in [1.82, 2.24) is 9.55 Å². The summed E-state index contributed by atoms with van der Waals surface area (Å²) in [6.07, 6.45) is 3.51. The van der Waals surface area contributed by atoms with Crippen molar-refractivity contribution in [3.8, 4) is 0 Å². The maximum absolute atomic E-state index is 12.0. The zero-order valence-corrected chi connectivity index (χ0v) is 11.9. The number of benzene rings is 1. The predicted molar refractivity (Wildman–Crippen MR) is 78.4 cm³/mol. The standard InChI is InChI=1S/C14H17N3OS/c1-3-19-13-7-5-4-6-12(13)16-14(18)10-17-9-8-15-11(17)2/h4-9H,3,10H2,1-2H3,(H,16,18). The van der Waals surface area contributed by atoms with E-state index in [0.29, 0.717) is 0 Å². The third-order valence-electron chi connectivity index (χ3n) is 2.70. The van der Waals surface area contributed by atoms with Crippen LogP contribution in [0.4, 0.5) is 5.69 Å². The summed E-state index contributed by atoms with van der Waals surface area (Å²) < 4.78 is 1.82. The van der Waals surface area contributed by atoms with E-state index < -0.39 is 0 Å². The van der Waals surface area contributed by atoms with Crippen molar-refractivity contribution in [3.63, 3.8) is 0 Å². The number of imidazole rings is 1. The normalized spacial score (nSPS) is 10.4. The molecule has 0 saturated heterocycles. The molecule has 1 amide bonds. The topological polar surface area (TPSA) is 46.9 Å². The average molecular weight is 275 g/mol. The van der Waals surface area contributed by atoms with Crippen molar-refractivity contribution in [2.24, 2.45) is 0 Å². The van der Waals surface area contributed by atoms with Crippen LogP contribution in [0.1, 0.15) is 12.7 Å². The molecule has 1 aromatic heterocycles. The Morgan fingerprint density at radius 1 is 1.42 bits per heavy atom. The molecule has 100 valence electrons. The van der Waals surface area contributed by atoms with Gasteiger partial charge in [-0.2, -0.15) is 0 Å². The Balaban J connectivity index is 2.05. The second kappa shape index (κ2) is 6.43. The average Bonchev–Trinajstić information content (AvgIpc) is 2.78. The highest BCUT2D eigenvalue weighted by Gasteiger charge is 2.08. The number of aryl methyl sites for hydroxylation is 1. The lowest BCUT2D eigenvalue weighted by Crippen LogP contribution is -2.19. The molecular weight excluding hydrogens is 258 g/mol. The molecule has 0 bridgehead atoms. The Bertz CT molecular complexity index is 565. The lowest BCUT2D eigenvalue weighted by molar-refractivity contribution is -0.116. The molecule has 1 heterocycles. The van der Waals surface area contributed by atoms with Crippen molar-refractivity contribution in [2.75, 3.05) is 11.1 Å². The number of nitrogens with one attached hydrogen (secondary N) is 1. The number of carbonyl (C=O) groups excluding carboxylic acids is 1. The van der Waals surface area contributed by atoms with Crippen LogP contribution in [-0.4, -0.2) is 21.2 Å². The van der Waals surface area contributed by atoms with E-state index in [2.05, 4.69) is 17.2 Å². The first kappa shape index (κ1) is 13.7. The van der Waals surface area contributed by atoms with E-state index in [1.807, 2.05) is 42.0 Å². The minimum atomic E-state index is -0.0368. The Morgan fingerprint density at radius 2 is 2.21 bits per heavy atom. The van der Waals surface area contributed by atoms with E-state index in [1.165, 1.54) is 0 Å². The van der Waals surface area contributed by atoms with Crippen molar-refractivity contribution >= 4 is 23.4 Å². The summed E-state index contributed by atoms with van der Waals surface area (Å²) in [5.74, 6) is 1.78. The summed E-state index contributed by atoms with van der Waals surface area (Å²) in [4.78, 5) is 17.2. The molecule has 1 aromatic carbocycles. The lowest BCUT2D eigenvalue weighted by Gasteiger charge is -2.10. The number of amides is 1. The van der Waals surface area contributed by atoms with Crippen molar-refractivity contribution in [1.29, 1.82) is 0 Å². The highest BCUT2D eigenvalue weighted by Crippen LogP contribution is 2.26. The third-order valence-corrected chi connectivity index (χ3v) is 3.65. The smallest absolute Gasteiger partial charge is 0.244 e. The van der Waals surface area contributed by atoms with Gasteiger partial charge in [0, 0.05) is 17.3 Å². The van der Waals surface area contributed by atoms with Crippen LogP contribution in [0.15, 0.2) is 41.6 Å². The number of thioether (sulfide) groups is 1. The van der Waals surface area contributed by atoms with Crippen LogP contribution < -0.4 is 5.32 Å². The zero-order chi connectivity index (χ0) is 13.7. The summed E-state index contributed by atoms with van der Waals surface area (Å²) in [5.41, 5.74) is 0.872. The van der Waals surface area contributed by atoms with Crippen LogP contribution in [-0.2, 0) is 11.3 Å². The van der Waals surface area contributed by atoms with Crippen LogP contribution in [0.25, 0.3) is 0 Å². The molecule has 1 N–H and O–H groups in total. The number of carbonyl (C=O) groups is 1. The molecule has 2 aromatic rings. The van der Waals surface area contributed by atoms with Gasteiger partial charge in [0.2, 0.25) is 5.91 Å². The molecule has 0 spiro atoms. The van der Waals surface area contributed by atoms with E-state index in [1.54, 1.807) is 18.0 Å². The Labute approximate surface area is 117 Å². The molecule has 0 saturated carbocycles. The maximum Gasteiger partial charge on any atom is 0.244 e. The molecule has 4 nitrogen and oxygen atoms in total. The van der Waals surface area contributed by atoms with Crippen LogP contribution in [0.5, 0.6) is 0 Å². The first-order chi connectivity index (χ1) is 9.20. The van der Waals surface area contributed by atoms with Gasteiger partial charge in [-0.1, -0.05) is 19.1 Å². The van der Waals surface area contributed by atoms with Crippen LogP contribution in [0.3, 0.4) is 0 Å². The Kier molecular flexibility index (Phi) is 4.63. The molecule has 0 aliphatic rings. The molecule has 0 unspecified atom stereocenters. The quantitative estimate of drug-likeness (QED) is 0.853. The van der Waals surface area contributed by atoms with Gasteiger partial charge in [-0.05, 0) is 24.8 Å². The highest BCUT2D eigenvalue weighted by molar-refractivity contribution is 7.99. The van der Waals surface area contributed by atoms with E-state index in [-0.39, 0.29) is 12.5 Å². The molecule has 0 aliphatic carbocycles. The summed E-state index contributed by atoms with van der Waals surface area (Å²) in [6, 6.07) is 7.86. The van der Waals surface area contributed by atoms with Crippen LogP contribution in [0.2, 0.25) is 0 Å². The first-order valence-electron chi connectivity index (χ1n) is 6.20. The number of anilines is 1. The SMILES string of the molecule is CCSc1ccccc1NC(=O)Cn1ccnc1C. The van der Waals surface area contributed by atoms with E-state index in [9.17, 15) is 4.79 Å². The van der Waals surface area contributed by atoms with Gasteiger partial charge in [-0.25, -0.2) is 4.98 Å². The van der Waals surface area contributed by atoms with Gasteiger partial charge in [0.15, 0.2) is 0 Å². The number of aromatic nitrogens is 2. The van der Waals surface area contributed by atoms with Gasteiger partial charge in [0.1, 0.15) is 12.4 Å². The minimum Gasteiger partial charge on any atom is -0.326 e. The summed E-state index contributed by atoms with van der Waals surface area (Å²) in [7, 11) is 0. The predicted octanol–water partition coefficient (Wildman–Crippen LogP) is 2.94. The molecule has 0 aliphatic heterocycles. The fraction of sp³-hybridized carbons (Fsp3) is 0.286. The number of hydrogen-bond acceptors (Lipinski definition) is 3. The molecule has 19 heavy (non-hydrogen) atoms. The van der Waals surface area contributed by atoms with Gasteiger partial charge < -0.3 is 9.88 Å². The fourth-order valence-electron chi connectivity index (χ4n) is 1.77. The van der Waals surface area contributed by atoms with E-state index in [0.717, 1.165) is 22.2 Å². The molecule has 5 heteroatoms. The largest absolute Gasteiger partial charge is 0.326 e. The van der Waals surface area contributed by atoms with Gasteiger partial charge in [0.05, 0.1) is 5.69 Å². The lowest BCUT2D eigenvalue weighted by atomic mass is 10.3. The van der Waals surface area contributed by atoms with E-state index >= 15 is 0 Å². The van der Waals surface area contributed by atoms with Crippen molar-refractivity contribution < 1.29 is 4.79 Å². The Morgan fingerprint density at radius 3 is 2.89 bits per heavy atom. The maximum atomic E-state index is 12.0. The van der Waals surface area contributed by atoms with Gasteiger partial charge in [-0.15, -0.1) is 11.8 Å². The van der Waals surface area contributed by atoms with Crippen molar-refractivity contribution in [2.45, 2.75) is 25.3 Å². The molecule has 0 radical (unpaired) electrons. The van der Waals surface area contributed by atoms with Crippen LogP contribution in [0, 0.1) is 6.92 Å². The highest BCUT2D eigenvalue weighted by atomic mass is 32.2. The monoisotopic (exact) mass is 275 g/mol. The number of para-hydroxylation sites is 1. The van der Waals surface area contributed by atoms with E-state index in [4.69, 9.17) is 0 Å². The molecule has 2 rings (SSSR count). The summed E-state index contributed by atoms with van der Waals surface area (Å²) in [6.45, 7) is 4.27. The molecular formula is C14H17N3OS. The number of rotatable bonds is 5. The zero-order valence-electron chi connectivity index (χ0n) is 11.1. The minimum absolute atomic E-state index is 0.0368. The first-order valence-corrected chi connectivity index (χ1v) is 7.18. The number of hydrogen-bond donors (Lipinski definition) is 1. The molecule has 0 atom stereocenters. The summed E-state index contributed by atoms with van der Waals surface area (Å²) >= 11 is 1.72. The second-order valence-corrected chi connectivity index (χ2v) is 5.39. The summed E-state index contributed by atoms with van der Waals surface area (Å²) in [5, 5.41) is 2.95. The Hall–Kier alpha value is -1.75.